The Morgan fingerprint density at radius 3 is 2.73 bits per heavy atom. The average molecular weight is 679 g/mol. The minimum absolute atomic E-state index is 0.0756. The van der Waals surface area contributed by atoms with Crippen LogP contribution in [0, 0.1) is 18.7 Å². The lowest BCUT2D eigenvalue weighted by Crippen LogP contribution is -2.57. The highest BCUT2D eigenvalue weighted by molar-refractivity contribution is 5.97. The lowest BCUT2D eigenvalue weighted by molar-refractivity contribution is -0.150. The predicted molar refractivity (Wildman–Crippen MR) is 179 cm³/mol. The number of carbonyl (C=O) groups is 4. The summed E-state index contributed by atoms with van der Waals surface area (Å²) in [7, 11) is 0. The fourth-order valence-electron chi connectivity index (χ4n) is 7.57. The Kier molecular flexibility index (Phi) is 9.36. The molecular formula is C37H47FN4O7. The number of benzene rings is 1. The zero-order valence-electron chi connectivity index (χ0n) is 29.0. The molecule has 1 saturated heterocycles. The van der Waals surface area contributed by atoms with Crippen molar-refractivity contribution in [1.82, 2.24) is 20.5 Å². The van der Waals surface area contributed by atoms with E-state index in [1.807, 2.05) is 18.2 Å². The smallest absolute Gasteiger partial charge is 0.408 e. The normalized spacial score (nSPS) is 29.3. The summed E-state index contributed by atoms with van der Waals surface area (Å²) in [5, 5.41) is 6.46. The van der Waals surface area contributed by atoms with Gasteiger partial charge in [-0.3, -0.25) is 9.59 Å². The van der Waals surface area contributed by atoms with Crippen LogP contribution in [0.4, 0.5) is 9.18 Å². The Morgan fingerprint density at radius 2 is 1.98 bits per heavy atom. The summed E-state index contributed by atoms with van der Waals surface area (Å²) in [6.45, 7) is 8.98. The van der Waals surface area contributed by atoms with Crippen LogP contribution in [0.2, 0.25) is 0 Å². The molecule has 1 aromatic carbocycles. The van der Waals surface area contributed by atoms with Gasteiger partial charge < -0.3 is 29.7 Å². The van der Waals surface area contributed by atoms with Crippen LogP contribution in [0.1, 0.15) is 90.3 Å². The number of rotatable bonds is 3. The largest absolute Gasteiger partial charge is 0.483 e. The van der Waals surface area contributed by atoms with Crippen molar-refractivity contribution in [2.24, 2.45) is 5.92 Å². The number of esters is 1. The molecule has 6 rings (SSSR count). The van der Waals surface area contributed by atoms with Gasteiger partial charge in [-0.05, 0) is 79.2 Å². The molecule has 5 atom stereocenters. The molecule has 4 aliphatic rings. The van der Waals surface area contributed by atoms with Crippen molar-refractivity contribution < 1.29 is 37.8 Å². The van der Waals surface area contributed by atoms with Gasteiger partial charge in [0.2, 0.25) is 11.8 Å². The minimum Gasteiger partial charge on any atom is -0.483 e. The van der Waals surface area contributed by atoms with Crippen molar-refractivity contribution in [3.05, 3.63) is 47.4 Å². The second-order valence-electron chi connectivity index (χ2n) is 14.9. The van der Waals surface area contributed by atoms with Crippen molar-refractivity contribution in [3.63, 3.8) is 0 Å². The van der Waals surface area contributed by atoms with Crippen molar-refractivity contribution in [3.8, 4) is 5.75 Å². The van der Waals surface area contributed by atoms with Gasteiger partial charge in [0.25, 0.3) is 0 Å². The van der Waals surface area contributed by atoms with E-state index >= 15 is 0 Å². The first-order valence-electron chi connectivity index (χ1n) is 17.5. The zero-order chi connectivity index (χ0) is 35.1. The number of ether oxygens (including phenoxy) is 3. The molecule has 0 radical (unpaired) electrons. The van der Waals surface area contributed by atoms with E-state index < -0.39 is 58.5 Å². The molecule has 4 heterocycles. The third-order valence-electron chi connectivity index (χ3n) is 10.1. The van der Waals surface area contributed by atoms with Crippen LogP contribution in [0.5, 0.6) is 5.75 Å². The van der Waals surface area contributed by atoms with Crippen LogP contribution < -0.4 is 15.4 Å². The van der Waals surface area contributed by atoms with Gasteiger partial charge in [0, 0.05) is 23.3 Å². The van der Waals surface area contributed by atoms with E-state index in [9.17, 15) is 23.6 Å². The molecule has 3 amide bonds. The first kappa shape index (κ1) is 34.6. The maximum absolute atomic E-state index is 14.7. The zero-order valence-corrected chi connectivity index (χ0v) is 29.0. The van der Waals surface area contributed by atoms with E-state index in [0.717, 1.165) is 24.8 Å². The molecule has 2 fully saturated rings. The SMILES string of the molecule is CCOC(=O)[C@@]12CC1/C=C\CCCCCC(NC(=O)OC(C)(C)C)C(=O)N1C[C@@]3(CCc4c(c(C)nc5c(F)cccc45)O3)C[C@H]1C(=O)N2. The van der Waals surface area contributed by atoms with Crippen LogP contribution in [-0.2, 0) is 30.3 Å². The number of nitrogens with zero attached hydrogens (tertiary/aromatic N) is 2. The van der Waals surface area contributed by atoms with E-state index in [0.29, 0.717) is 48.9 Å². The number of carbonyl (C=O) groups excluding carboxylic acids is 4. The minimum atomic E-state index is -1.22. The third kappa shape index (κ3) is 6.96. The second-order valence-corrected chi connectivity index (χ2v) is 14.9. The number of hydrogen-bond acceptors (Lipinski definition) is 8. The number of aryl methyl sites for hydroxylation is 2. The highest BCUT2D eigenvalue weighted by atomic mass is 19.1. The highest BCUT2D eigenvalue weighted by Crippen LogP contribution is 2.48. The number of hydrogen-bond donors (Lipinski definition) is 2. The Morgan fingerprint density at radius 1 is 1.18 bits per heavy atom. The summed E-state index contributed by atoms with van der Waals surface area (Å²) in [5.41, 5.74) is -1.31. The lowest BCUT2D eigenvalue weighted by Gasteiger charge is -2.36. The number of nitrogens with one attached hydrogen (secondary N) is 2. The molecule has 264 valence electrons. The number of halogens is 1. The van der Waals surface area contributed by atoms with Crippen molar-refractivity contribution in [1.29, 1.82) is 0 Å². The molecule has 2 N–H and O–H groups in total. The quantitative estimate of drug-likeness (QED) is 0.334. The van der Waals surface area contributed by atoms with Gasteiger partial charge in [0.15, 0.2) is 0 Å². The molecule has 1 aromatic heterocycles. The van der Waals surface area contributed by atoms with E-state index in [1.54, 1.807) is 40.7 Å². The number of pyridine rings is 1. The van der Waals surface area contributed by atoms with Crippen LogP contribution in [0.15, 0.2) is 30.4 Å². The standard InChI is InChI=1S/C37H47FN4O7/c1-6-47-33(45)37-19-23(37)13-10-8-7-9-11-16-27(40-34(46)49-35(3,4)5)32(44)42-21-36(20-28(42)31(43)41-37)18-17-25-24-14-12-15-26(38)29(24)39-22(2)30(25)48-36/h10,12-15,23,27-28H,6-9,11,16-21H2,1-5H3,(H,40,46)(H,41,43)/b13-10-/t23?,27?,28-,36+,37+/m0/s1. The Hall–Kier alpha value is -4.22. The van der Waals surface area contributed by atoms with Gasteiger partial charge in [0.1, 0.15) is 45.9 Å². The molecule has 3 aliphatic heterocycles. The number of allylic oxidation sites excluding steroid dienone is 1. The van der Waals surface area contributed by atoms with Crippen molar-refractivity contribution in [2.45, 2.75) is 121 Å². The number of alkyl carbamates (subject to hydrolysis) is 1. The van der Waals surface area contributed by atoms with Gasteiger partial charge in [-0.2, -0.15) is 0 Å². The maximum Gasteiger partial charge on any atom is 0.408 e. The average Bonchev–Trinajstić information content (AvgIpc) is 3.61. The molecule has 1 aliphatic carbocycles. The Balaban J connectivity index is 1.36. The van der Waals surface area contributed by atoms with Crippen molar-refractivity contribution >= 4 is 34.8 Å². The van der Waals surface area contributed by atoms with Crippen LogP contribution in [-0.4, -0.2) is 75.7 Å². The number of fused-ring (bicyclic) bond motifs is 5. The monoisotopic (exact) mass is 678 g/mol. The lowest BCUT2D eigenvalue weighted by atomic mass is 9.87. The van der Waals surface area contributed by atoms with E-state index in [1.165, 1.54) is 11.0 Å². The summed E-state index contributed by atoms with van der Waals surface area (Å²) in [5.74, 6) is -1.50. The van der Waals surface area contributed by atoms with Gasteiger partial charge >= 0.3 is 12.1 Å². The van der Waals surface area contributed by atoms with Gasteiger partial charge in [-0.15, -0.1) is 0 Å². The number of aromatic nitrogens is 1. The molecular weight excluding hydrogens is 631 g/mol. The molecule has 1 spiro atoms. The summed E-state index contributed by atoms with van der Waals surface area (Å²) in [4.78, 5) is 61.1. The summed E-state index contributed by atoms with van der Waals surface area (Å²) in [6.07, 6.45) is 8.35. The third-order valence-corrected chi connectivity index (χ3v) is 10.1. The van der Waals surface area contributed by atoms with Crippen LogP contribution >= 0.6 is 0 Å². The molecule has 1 saturated carbocycles. The second kappa shape index (κ2) is 13.2. The summed E-state index contributed by atoms with van der Waals surface area (Å²) in [6, 6.07) is 2.91. The number of para-hydroxylation sites is 1. The van der Waals surface area contributed by atoms with Gasteiger partial charge in [0.05, 0.1) is 18.8 Å². The molecule has 2 aromatic rings. The van der Waals surface area contributed by atoms with Crippen LogP contribution in [0.25, 0.3) is 10.9 Å². The van der Waals surface area contributed by atoms with Crippen molar-refractivity contribution in [2.75, 3.05) is 13.2 Å². The first-order valence-corrected chi connectivity index (χ1v) is 17.5. The maximum atomic E-state index is 14.7. The fourth-order valence-corrected chi connectivity index (χ4v) is 7.57. The molecule has 12 heteroatoms. The van der Waals surface area contributed by atoms with E-state index in [4.69, 9.17) is 14.2 Å². The highest BCUT2D eigenvalue weighted by Gasteiger charge is 2.63. The fraction of sp³-hybridized carbons (Fsp3) is 0.595. The van der Waals surface area contributed by atoms with Gasteiger partial charge in [-0.25, -0.2) is 19.0 Å². The first-order chi connectivity index (χ1) is 23.3. The summed E-state index contributed by atoms with van der Waals surface area (Å²) >= 11 is 0. The Bertz CT molecular complexity index is 1690. The van der Waals surface area contributed by atoms with Gasteiger partial charge in [-0.1, -0.05) is 37.1 Å². The molecule has 0 bridgehead atoms. The number of amides is 3. The molecule has 2 unspecified atom stereocenters. The molecule has 49 heavy (non-hydrogen) atoms. The van der Waals surface area contributed by atoms with E-state index in [-0.39, 0.29) is 31.0 Å². The van der Waals surface area contributed by atoms with Crippen LogP contribution in [0.3, 0.4) is 0 Å². The summed E-state index contributed by atoms with van der Waals surface area (Å²) < 4.78 is 32.4. The predicted octanol–water partition coefficient (Wildman–Crippen LogP) is 5.20. The topological polar surface area (TPSA) is 136 Å². The molecule has 11 nitrogen and oxygen atoms in total. The Labute approximate surface area is 286 Å². The van der Waals surface area contributed by atoms with E-state index in [2.05, 4.69) is 15.6 Å².